The first kappa shape index (κ1) is 16.4. The molecular weight excluding hydrogens is 256 g/mol. The summed E-state index contributed by atoms with van der Waals surface area (Å²) in [5.41, 5.74) is 0.315. The molecule has 0 atom stereocenters. The summed E-state index contributed by atoms with van der Waals surface area (Å²) in [6.07, 6.45) is 4.06. The minimum atomic E-state index is -0.231. The van der Waals surface area contributed by atoms with Crippen LogP contribution in [0.2, 0.25) is 0 Å². The maximum Gasteiger partial charge on any atom is 0.271 e. The third-order valence-electron chi connectivity index (χ3n) is 2.41. The van der Waals surface area contributed by atoms with Crippen molar-refractivity contribution in [2.24, 2.45) is 5.92 Å². The molecule has 6 nitrogen and oxygen atoms in total. The number of rotatable bonds is 9. The summed E-state index contributed by atoms with van der Waals surface area (Å²) < 4.78 is 5.40. The zero-order chi connectivity index (χ0) is 14.8. The second kappa shape index (κ2) is 9.25. The van der Waals surface area contributed by atoms with Crippen molar-refractivity contribution in [3.63, 3.8) is 0 Å². The Labute approximate surface area is 120 Å². The van der Waals surface area contributed by atoms with Crippen molar-refractivity contribution in [2.45, 2.75) is 27.2 Å². The van der Waals surface area contributed by atoms with E-state index in [9.17, 15) is 4.79 Å². The Kier molecular flexibility index (Phi) is 7.57. The van der Waals surface area contributed by atoms with E-state index in [0.29, 0.717) is 37.2 Å². The number of amides is 1. The molecule has 112 valence electrons. The molecule has 0 unspecified atom stereocenters. The minimum absolute atomic E-state index is 0.231. The van der Waals surface area contributed by atoms with E-state index in [1.54, 1.807) is 6.20 Å². The molecule has 2 N–H and O–H groups in total. The van der Waals surface area contributed by atoms with Crippen LogP contribution < -0.4 is 10.6 Å². The van der Waals surface area contributed by atoms with E-state index in [1.807, 2.05) is 0 Å². The minimum Gasteiger partial charge on any atom is -0.379 e. The van der Waals surface area contributed by atoms with Gasteiger partial charge < -0.3 is 15.4 Å². The summed E-state index contributed by atoms with van der Waals surface area (Å²) in [5, 5.41) is 5.86. The van der Waals surface area contributed by atoms with Gasteiger partial charge in [-0.2, -0.15) is 0 Å². The number of carbonyl (C=O) groups excluding carboxylic acids is 1. The molecule has 1 aromatic heterocycles. The predicted molar refractivity (Wildman–Crippen MR) is 78.8 cm³/mol. The van der Waals surface area contributed by atoms with Gasteiger partial charge in [0.2, 0.25) is 0 Å². The lowest BCUT2D eigenvalue weighted by Crippen LogP contribution is -2.28. The third-order valence-corrected chi connectivity index (χ3v) is 2.41. The summed E-state index contributed by atoms with van der Waals surface area (Å²) in [4.78, 5) is 20.1. The van der Waals surface area contributed by atoms with Gasteiger partial charge in [-0.05, 0) is 12.3 Å². The Balaban J connectivity index is 2.35. The van der Waals surface area contributed by atoms with Crippen LogP contribution in [0.4, 0.5) is 5.82 Å². The Hall–Kier alpha value is -1.69. The number of anilines is 1. The van der Waals surface area contributed by atoms with Gasteiger partial charge in [-0.3, -0.25) is 9.78 Å². The zero-order valence-corrected chi connectivity index (χ0v) is 12.5. The molecule has 6 heteroatoms. The maximum absolute atomic E-state index is 11.9. The molecule has 0 aromatic carbocycles. The third kappa shape index (κ3) is 6.47. The topological polar surface area (TPSA) is 76.1 Å². The molecule has 20 heavy (non-hydrogen) atoms. The van der Waals surface area contributed by atoms with Crippen molar-refractivity contribution in [2.75, 3.05) is 31.6 Å². The fraction of sp³-hybridized carbons (Fsp3) is 0.643. The molecule has 0 aliphatic carbocycles. The first-order valence-electron chi connectivity index (χ1n) is 7.05. The molecule has 0 aliphatic rings. The Morgan fingerprint density at radius 3 is 2.85 bits per heavy atom. The molecule has 0 bridgehead atoms. The first-order valence-corrected chi connectivity index (χ1v) is 7.05. The Morgan fingerprint density at radius 1 is 1.35 bits per heavy atom. The van der Waals surface area contributed by atoms with Gasteiger partial charge in [-0.15, -0.1) is 0 Å². The number of ether oxygens (including phenoxy) is 1. The highest BCUT2D eigenvalue weighted by Gasteiger charge is 2.08. The van der Waals surface area contributed by atoms with Crippen LogP contribution in [-0.2, 0) is 4.74 Å². The molecule has 0 saturated heterocycles. The maximum atomic E-state index is 11.9. The van der Waals surface area contributed by atoms with E-state index < -0.39 is 0 Å². The first-order chi connectivity index (χ1) is 9.63. The highest BCUT2D eigenvalue weighted by molar-refractivity contribution is 5.92. The second-order valence-electron chi connectivity index (χ2n) is 4.94. The van der Waals surface area contributed by atoms with Crippen LogP contribution in [0.3, 0.4) is 0 Å². The molecule has 0 radical (unpaired) electrons. The smallest absolute Gasteiger partial charge is 0.271 e. The summed E-state index contributed by atoms with van der Waals surface area (Å²) in [6.45, 7) is 8.72. The molecule has 1 aromatic rings. The van der Waals surface area contributed by atoms with Crippen LogP contribution in [0.5, 0.6) is 0 Å². The van der Waals surface area contributed by atoms with Crippen molar-refractivity contribution < 1.29 is 9.53 Å². The fourth-order valence-corrected chi connectivity index (χ4v) is 1.46. The molecule has 1 rings (SSSR count). The van der Waals surface area contributed by atoms with E-state index in [1.165, 1.54) is 6.20 Å². The van der Waals surface area contributed by atoms with Crippen molar-refractivity contribution >= 4 is 11.7 Å². The largest absolute Gasteiger partial charge is 0.379 e. The Bertz CT molecular complexity index is 410. The molecule has 0 fully saturated rings. The summed E-state index contributed by atoms with van der Waals surface area (Å²) in [5.74, 6) is 0.888. The van der Waals surface area contributed by atoms with E-state index in [-0.39, 0.29) is 5.91 Å². The van der Waals surface area contributed by atoms with Gasteiger partial charge >= 0.3 is 0 Å². The van der Waals surface area contributed by atoms with Crippen molar-refractivity contribution in [3.05, 3.63) is 18.1 Å². The van der Waals surface area contributed by atoms with E-state index >= 15 is 0 Å². The second-order valence-corrected chi connectivity index (χ2v) is 4.94. The monoisotopic (exact) mass is 280 g/mol. The summed E-state index contributed by atoms with van der Waals surface area (Å²) >= 11 is 0. The van der Waals surface area contributed by atoms with Crippen molar-refractivity contribution in [3.8, 4) is 0 Å². The predicted octanol–water partition coefficient (Wildman–Crippen LogP) is 1.70. The van der Waals surface area contributed by atoms with Crippen LogP contribution >= 0.6 is 0 Å². The average Bonchev–Trinajstić information content (AvgIpc) is 2.44. The molecule has 1 amide bonds. The molecular formula is C14H24N4O2. The lowest BCUT2D eigenvalue weighted by atomic mass is 10.2. The van der Waals surface area contributed by atoms with Crippen LogP contribution in [0.25, 0.3) is 0 Å². The molecule has 1 heterocycles. The van der Waals surface area contributed by atoms with Crippen LogP contribution in [0.1, 0.15) is 37.7 Å². The summed E-state index contributed by atoms with van der Waals surface area (Å²) in [6, 6.07) is 0. The number of nitrogens with zero attached hydrogens (tertiary/aromatic N) is 2. The molecule has 0 saturated carbocycles. The van der Waals surface area contributed by atoms with Gasteiger partial charge in [-0.25, -0.2) is 4.98 Å². The van der Waals surface area contributed by atoms with Crippen molar-refractivity contribution in [1.82, 2.24) is 15.3 Å². The Morgan fingerprint density at radius 2 is 2.15 bits per heavy atom. The van der Waals surface area contributed by atoms with Gasteiger partial charge in [0.15, 0.2) is 0 Å². The van der Waals surface area contributed by atoms with E-state index in [0.717, 1.165) is 13.0 Å². The number of aromatic nitrogens is 2. The number of carbonyl (C=O) groups is 1. The lowest BCUT2D eigenvalue weighted by molar-refractivity contribution is 0.0882. The average molecular weight is 280 g/mol. The quantitative estimate of drug-likeness (QED) is 0.673. The van der Waals surface area contributed by atoms with Crippen LogP contribution in [0.15, 0.2) is 12.4 Å². The van der Waals surface area contributed by atoms with Gasteiger partial charge in [0.25, 0.3) is 5.91 Å². The van der Waals surface area contributed by atoms with Crippen molar-refractivity contribution in [1.29, 1.82) is 0 Å². The number of nitrogens with one attached hydrogen (secondary N) is 2. The van der Waals surface area contributed by atoms with Gasteiger partial charge in [0, 0.05) is 19.7 Å². The SMILES string of the molecule is CCCNc1cncc(C(=O)NCCOCC(C)C)n1. The molecule has 0 aliphatic heterocycles. The van der Waals surface area contributed by atoms with Gasteiger partial charge in [-0.1, -0.05) is 20.8 Å². The highest BCUT2D eigenvalue weighted by atomic mass is 16.5. The van der Waals surface area contributed by atoms with Crippen LogP contribution in [0, 0.1) is 5.92 Å². The fourth-order valence-electron chi connectivity index (χ4n) is 1.46. The highest BCUT2D eigenvalue weighted by Crippen LogP contribution is 2.02. The lowest BCUT2D eigenvalue weighted by Gasteiger charge is -2.08. The van der Waals surface area contributed by atoms with E-state index in [2.05, 4.69) is 41.4 Å². The standard InChI is InChI=1S/C14H24N4O2/c1-4-5-16-13-9-15-8-12(18-13)14(19)17-6-7-20-10-11(2)3/h8-9,11H,4-7,10H2,1-3H3,(H,16,18)(H,17,19). The zero-order valence-electron chi connectivity index (χ0n) is 12.5. The summed E-state index contributed by atoms with van der Waals surface area (Å²) in [7, 11) is 0. The number of hydrogen-bond donors (Lipinski definition) is 2. The van der Waals surface area contributed by atoms with Crippen LogP contribution in [-0.4, -0.2) is 42.2 Å². The molecule has 0 spiro atoms. The number of hydrogen-bond acceptors (Lipinski definition) is 5. The normalized spacial score (nSPS) is 10.6. The van der Waals surface area contributed by atoms with Gasteiger partial charge in [0.05, 0.1) is 19.0 Å². The van der Waals surface area contributed by atoms with Gasteiger partial charge in [0.1, 0.15) is 11.5 Å². The van der Waals surface area contributed by atoms with E-state index in [4.69, 9.17) is 4.74 Å².